The molecule has 0 spiro atoms. The van der Waals surface area contributed by atoms with E-state index >= 15 is 0 Å². The maximum Gasteiger partial charge on any atom is 0.410 e. The number of fused-ring (bicyclic) bond motifs is 1. The van der Waals surface area contributed by atoms with Gasteiger partial charge in [0.2, 0.25) is 5.91 Å². The van der Waals surface area contributed by atoms with Gasteiger partial charge < -0.3 is 20.3 Å². The van der Waals surface area contributed by atoms with Crippen LogP contribution in [0.3, 0.4) is 0 Å². The summed E-state index contributed by atoms with van der Waals surface area (Å²) in [4.78, 5) is 26.9. The molecule has 1 aliphatic carbocycles. The Morgan fingerprint density at radius 1 is 1.10 bits per heavy atom. The van der Waals surface area contributed by atoms with Crippen molar-refractivity contribution < 1.29 is 14.3 Å². The van der Waals surface area contributed by atoms with Crippen LogP contribution >= 0.6 is 0 Å². The first-order valence-electron chi connectivity index (χ1n) is 10.3. The first-order valence-corrected chi connectivity index (χ1v) is 10.3. The van der Waals surface area contributed by atoms with E-state index in [9.17, 15) is 9.59 Å². The highest BCUT2D eigenvalue weighted by atomic mass is 16.6. The molecule has 2 amide bonds. The molecule has 2 N–H and O–H groups in total. The highest BCUT2D eigenvalue weighted by Crippen LogP contribution is 2.29. The fourth-order valence-electron chi connectivity index (χ4n) is 4.08. The Bertz CT molecular complexity index is 855. The zero-order valence-corrected chi connectivity index (χ0v) is 16.5. The quantitative estimate of drug-likeness (QED) is 0.838. The van der Waals surface area contributed by atoms with Crippen LogP contribution < -0.4 is 10.6 Å². The van der Waals surface area contributed by atoms with E-state index < -0.39 is 6.04 Å². The fourth-order valence-corrected chi connectivity index (χ4v) is 4.08. The van der Waals surface area contributed by atoms with E-state index in [1.807, 2.05) is 42.5 Å². The van der Waals surface area contributed by atoms with E-state index in [0.29, 0.717) is 19.6 Å². The number of nitrogens with one attached hydrogen (secondary N) is 2. The lowest BCUT2D eigenvalue weighted by molar-refractivity contribution is -0.124. The lowest BCUT2D eigenvalue weighted by atomic mass is 9.87. The molecule has 1 aliphatic heterocycles. The van der Waals surface area contributed by atoms with E-state index in [2.05, 4.69) is 22.8 Å². The van der Waals surface area contributed by atoms with Crippen molar-refractivity contribution in [3.05, 3.63) is 71.3 Å². The number of aryl methyl sites for hydroxylation is 1. The van der Waals surface area contributed by atoms with Gasteiger partial charge in [-0.25, -0.2) is 4.79 Å². The van der Waals surface area contributed by atoms with E-state index in [1.165, 1.54) is 11.1 Å². The predicted octanol–water partition coefficient (Wildman–Crippen LogP) is 2.79. The summed E-state index contributed by atoms with van der Waals surface area (Å²) in [6.45, 7) is 1.65. The second-order valence-electron chi connectivity index (χ2n) is 7.65. The van der Waals surface area contributed by atoms with E-state index in [1.54, 1.807) is 4.90 Å². The molecule has 29 heavy (non-hydrogen) atoms. The Labute approximate surface area is 171 Å². The van der Waals surface area contributed by atoms with E-state index in [4.69, 9.17) is 4.74 Å². The monoisotopic (exact) mass is 393 g/mol. The van der Waals surface area contributed by atoms with Crippen LogP contribution in [0.1, 0.15) is 35.6 Å². The van der Waals surface area contributed by atoms with Crippen molar-refractivity contribution in [2.75, 3.05) is 19.6 Å². The number of carbonyl (C=O) groups excluding carboxylic acids is 2. The molecule has 0 unspecified atom stereocenters. The van der Waals surface area contributed by atoms with Gasteiger partial charge in [-0.05, 0) is 36.0 Å². The van der Waals surface area contributed by atoms with Gasteiger partial charge >= 0.3 is 6.09 Å². The van der Waals surface area contributed by atoms with Crippen LogP contribution in [-0.4, -0.2) is 42.6 Å². The fraction of sp³-hybridized carbons (Fsp3) is 0.391. The summed E-state index contributed by atoms with van der Waals surface area (Å²) in [5, 5.41) is 6.41. The number of ether oxygens (including phenoxy) is 1. The minimum absolute atomic E-state index is 0.0367. The van der Waals surface area contributed by atoms with Crippen LogP contribution in [0.25, 0.3) is 0 Å². The number of hydrogen-bond acceptors (Lipinski definition) is 4. The molecule has 6 heteroatoms. The molecule has 2 atom stereocenters. The van der Waals surface area contributed by atoms with Gasteiger partial charge in [0.05, 0.1) is 6.04 Å². The van der Waals surface area contributed by atoms with Gasteiger partial charge in [0.25, 0.3) is 0 Å². The van der Waals surface area contributed by atoms with Gasteiger partial charge in [-0.15, -0.1) is 0 Å². The van der Waals surface area contributed by atoms with Gasteiger partial charge in [-0.2, -0.15) is 0 Å². The topological polar surface area (TPSA) is 70.7 Å². The molecule has 1 saturated heterocycles. The smallest absolute Gasteiger partial charge is 0.410 e. The number of piperazine rings is 1. The lowest BCUT2D eigenvalue weighted by Crippen LogP contribution is -2.58. The third kappa shape index (κ3) is 4.77. The standard InChI is InChI=1S/C23H27N3O3/c27-22(25-20-12-6-10-18-9-4-5-11-19(18)20)21-15-26(14-13-24-21)23(28)29-16-17-7-2-1-3-8-17/h1-5,7-9,11,20-21,24H,6,10,12-16H2,(H,25,27)/t20-,21+/m1/s1. The lowest BCUT2D eigenvalue weighted by Gasteiger charge is -2.34. The molecule has 6 nitrogen and oxygen atoms in total. The molecule has 0 aromatic heterocycles. The molecular weight excluding hydrogens is 366 g/mol. The van der Waals surface area contributed by atoms with Crippen molar-refractivity contribution in [1.29, 1.82) is 0 Å². The van der Waals surface area contributed by atoms with Crippen molar-refractivity contribution in [2.45, 2.75) is 38.0 Å². The minimum atomic E-state index is -0.429. The summed E-state index contributed by atoms with van der Waals surface area (Å²) >= 11 is 0. The maximum atomic E-state index is 12.9. The molecule has 1 heterocycles. The van der Waals surface area contributed by atoms with Crippen LogP contribution in [0.15, 0.2) is 54.6 Å². The SMILES string of the molecule is O=C(N[C@@H]1CCCc2ccccc21)[C@@H]1CN(C(=O)OCc2ccccc2)CCN1. The van der Waals surface area contributed by atoms with Gasteiger partial charge in [-0.3, -0.25) is 4.79 Å². The second kappa shape index (κ2) is 9.09. The molecule has 4 rings (SSSR count). The third-order valence-corrected chi connectivity index (χ3v) is 5.64. The first kappa shape index (κ1) is 19.5. The normalized spacial score (nSPS) is 21.2. The number of carbonyl (C=O) groups is 2. The Morgan fingerprint density at radius 2 is 1.90 bits per heavy atom. The van der Waals surface area contributed by atoms with Gasteiger partial charge in [-0.1, -0.05) is 54.6 Å². The summed E-state index contributed by atoms with van der Waals surface area (Å²) in [7, 11) is 0. The highest BCUT2D eigenvalue weighted by Gasteiger charge is 2.31. The van der Waals surface area contributed by atoms with Crippen molar-refractivity contribution in [3.63, 3.8) is 0 Å². The van der Waals surface area contributed by atoms with Crippen molar-refractivity contribution in [2.24, 2.45) is 0 Å². The molecule has 152 valence electrons. The number of rotatable bonds is 4. The summed E-state index contributed by atoms with van der Waals surface area (Å²) < 4.78 is 5.42. The van der Waals surface area contributed by atoms with Crippen molar-refractivity contribution in [1.82, 2.24) is 15.5 Å². The average molecular weight is 393 g/mol. The van der Waals surface area contributed by atoms with Gasteiger partial charge in [0.1, 0.15) is 12.6 Å². The van der Waals surface area contributed by atoms with Crippen molar-refractivity contribution >= 4 is 12.0 Å². The van der Waals surface area contributed by atoms with E-state index in [0.717, 1.165) is 24.8 Å². The summed E-state index contributed by atoms with van der Waals surface area (Å²) in [6, 6.07) is 17.5. The molecule has 2 aliphatic rings. The Hall–Kier alpha value is -2.86. The zero-order valence-electron chi connectivity index (χ0n) is 16.5. The van der Waals surface area contributed by atoms with Crippen LogP contribution in [0, 0.1) is 0 Å². The largest absolute Gasteiger partial charge is 0.445 e. The minimum Gasteiger partial charge on any atom is -0.445 e. The van der Waals surface area contributed by atoms with Crippen LogP contribution in [0.2, 0.25) is 0 Å². The Balaban J connectivity index is 1.32. The van der Waals surface area contributed by atoms with Crippen LogP contribution in [-0.2, 0) is 22.6 Å². The first-order chi connectivity index (χ1) is 14.2. The summed E-state index contributed by atoms with van der Waals surface area (Å²) in [5.74, 6) is -0.0627. The average Bonchev–Trinajstić information content (AvgIpc) is 2.78. The van der Waals surface area contributed by atoms with Gasteiger partial charge in [0, 0.05) is 19.6 Å². The van der Waals surface area contributed by atoms with Crippen molar-refractivity contribution in [3.8, 4) is 0 Å². The molecule has 2 aromatic rings. The highest BCUT2D eigenvalue weighted by molar-refractivity contribution is 5.83. The van der Waals surface area contributed by atoms with Crippen LogP contribution in [0.5, 0.6) is 0 Å². The van der Waals surface area contributed by atoms with Gasteiger partial charge in [0.15, 0.2) is 0 Å². The summed E-state index contributed by atoms with van der Waals surface area (Å²) in [6.07, 6.45) is 2.69. The summed E-state index contributed by atoms with van der Waals surface area (Å²) in [5.41, 5.74) is 3.47. The molecular formula is C23H27N3O3. The Morgan fingerprint density at radius 3 is 2.76 bits per heavy atom. The molecule has 1 fully saturated rings. The molecule has 2 aromatic carbocycles. The second-order valence-corrected chi connectivity index (χ2v) is 7.65. The predicted molar refractivity (Wildman–Crippen MR) is 110 cm³/mol. The Kier molecular flexibility index (Phi) is 6.10. The number of benzene rings is 2. The molecule has 0 saturated carbocycles. The zero-order chi connectivity index (χ0) is 20.1. The molecule has 0 radical (unpaired) electrons. The third-order valence-electron chi connectivity index (χ3n) is 5.64. The van der Waals surface area contributed by atoms with Crippen LogP contribution in [0.4, 0.5) is 4.79 Å². The number of hydrogen-bond donors (Lipinski definition) is 2. The maximum absolute atomic E-state index is 12.9. The number of nitrogens with zero attached hydrogens (tertiary/aromatic N) is 1. The van der Waals surface area contributed by atoms with E-state index in [-0.39, 0.29) is 24.6 Å². The number of amides is 2. The molecule has 0 bridgehead atoms.